The number of rotatable bonds is 6. The van der Waals surface area contributed by atoms with E-state index in [0.29, 0.717) is 23.7 Å². The number of carbonyl (C=O) groups is 1. The summed E-state index contributed by atoms with van der Waals surface area (Å²) < 4.78 is 7.20. The number of hydrogen-bond donors (Lipinski definition) is 0. The quantitative estimate of drug-likeness (QED) is 0.263. The molecular formula is C26H23ClN2O2. The van der Waals surface area contributed by atoms with E-state index in [1.54, 1.807) is 13.0 Å². The molecule has 4 rings (SSSR count). The summed E-state index contributed by atoms with van der Waals surface area (Å²) in [6.07, 6.45) is 4.12. The lowest BCUT2D eigenvalue weighted by atomic mass is 10.1. The van der Waals surface area contributed by atoms with Crippen LogP contribution in [0.4, 0.5) is 0 Å². The monoisotopic (exact) mass is 430 g/mol. The number of aryl methyl sites for hydroxylation is 1. The molecule has 0 aliphatic heterocycles. The largest absolute Gasteiger partial charge is 0.462 e. The maximum atomic E-state index is 12.1. The molecule has 0 radical (unpaired) electrons. The van der Waals surface area contributed by atoms with Crippen molar-refractivity contribution < 1.29 is 9.53 Å². The fraction of sp³-hybridized carbons (Fsp3) is 0.154. The van der Waals surface area contributed by atoms with Gasteiger partial charge < -0.3 is 9.30 Å². The van der Waals surface area contributed by atoms with Gasteiger partial charge >= 0.3 is 5.97 Å². The van der Waals surface area contributed by atoms with Crippen molar-refractivity contribution in [3.8, 4) is 0 Å². The lowest BCUT2D eigenvalue weighted by Gasteiger charge is -2.10. The highest BCUT2D eigenvalue weighted by Gasteiger charge is 2.14. The Balaban J connectivity index is 1.61. The fourth-order valence-corrected chi connectivity index (χ4v) is 3.76. The minimum Gasteiger partial charge on any atom is -0.462 e. The number of hydrogen-bond acceptors (Lipinski definition) is 3. The molecule has 1 aromatic heterocycles. The molecule has 5 heteroatoms. The molecule has 0 spiro atoms. The van der Waals surface area contributed by atoms with E-state index < -0.39 is 0 Å². The Bertz CT molecular complexity index is 1260. The molecule has 0 atom stereocenters. The van der Waals surface area contributed by atoms with Crippen LogP contribution in [0.3, 0.4) is 0 Å². The molecule has 0 N–H and O–H groups in total. The van der Waals surface area contributed by atoms with Gasteiger partial charge in [0.25, 0.3) is 0 Å². The van der Waals surface area contributed by atoms with E-state index in [9.17, 15) is 4.79 Å². The second-order valence-electron chi connectivity index (χ2n) is 7.26. The number of ether oxygens (including phenoxy) is 1. The highest BCUT2D eigenvalue weighted by Crippen LogP contribution is 2.24. The van der Waals surface area contributed by atoms with E-state index in [-0.39, 0.29) is 5.97 Å². The second-order valence-corrected chi connectivity index (χ2v) is 7.67. The first kappa shape index (κ1) is 20.9. The summed E-state index contributed by atoms with van der Waals surface area (Å²) in [7, 11) is 0. The van der Waals surface area contributed by atoms with Gasteiger partial charge in [0.1, 0.15) is 5.82 Å². The molecule has 0 aliphatic carbocycles. The number of aromatic nitrogens is 2. The van der Waals surface area contributed by atoms with Crippen LogP contribution in [0, 0.1) is 6.92 Å². The van der Waals surface area contributed by atoms with Crippen molar-refractivity contribution in [2.75, 3.05) is 6.61 Å². The van der Waals surface area contributed by atoms with Crippen LogP contribution >= 0.6 is 11.6 Å². The number of nitrogens with zero attached hydrogens (tertiary/aromatic N) is 2. The molecule has 4 aromatic rings. The predicted molar refractivity (Wildman–Crippen MR) is 126 cm³/mol. The standard InChI is InChI=1S/C26H23ClN2O2/c1-3-31-26(30)21-13-14-24-25(16-21)29(18(2)28-24)17-22-12-11-20(15-23(22)27)10-9-19-7-5-4-6-8-19/h4-16H,3,17H2,1-2H3/b10-9+. The first-order valence-corrected chi connectivity index (χ1v) is 10.6. The molecule has 1 heterocycles. The Morgan fingerprint density at radius 3 is 2.55 bits per heavy atom. The third-order valence-electron chi connectivity index (χ3n) is 5.12. The molecule has 0 saturated heterocycles. The SMILES string of the molecule is CCOC(=O)c1ccc2nc(C)n(Cc3ccc(/C=C/c4ccccc4)cc3Cl)c2c1. The van der Waals surface area contributed by atoms with Crippen molar-refractivity contribution in [3.05, 3.63) is 99.8 Å². The zero-order chi connectivity index (χ0) is 21.8. The van der Waals surface area contributed by atoms with Crippen molar-refractivity contribution in [3.63, 3.8) is 0 Å². The van der Waals surface area contributed by atoms with Crippen LogP contribution in [0.2, 0.25) is 5.02 Å². The normalized spacial score (nSPS) is 11.3. The summed E-state index contributed by atoms with van der Waals surface area (Å²) >= 11 is 6.61. The zero-order valence-electron chi connectivity index (χ0n) is 17.5. The van der Waals surface area contributed by atoms with E-state index in [0.717, 1.165) is 33.5 Å². The molecule has 0 bridgehead atoms. The summed E-state index contributed by atoms with van der Waals surface area (Å²) in [5.74, 6) is 0.530. The lowest BCUT2D eigenvalue weighted by molar-refractivity contribution is 0.0526. The lowest BCUT2D eigenvalue weighted by Crippen LogP contribution is -2.06. The molecule has 156 valence electrons. The number of halogens is 1. The zero-order valence-corrected chi connectivity index (χ0v) is 18.3. The van der Waals surface area contributed by atoms with Crippen LogP contribution in [-0.2, 0) is 11.3 Å². The molecule has 0 fully saturated rings. The van der Waals surface area contributed by atoms with Crippen LogP contribution in [0.25, 0.3) is 23.2 Å². The number of imidazole rings is 1. The summed E-state index contributed by atoms with van der Waals surface area (Å²) in [6, 6.07) is 21.6. The molecule has 0 aliphatic rings. The number of carbonyl (C=O) groups excluding carboxylic acids is 1. The first-order valence-electron chi connectivity index (χ1n) is 10.2. The topological polar surface area (TPSA) is 44.1 Å². The summed E-state index contributed by atoms with van der Waals surface area (Å²) in [5.41, 5.74) is 5.40. The van der Waals surface area contributed by atoms with Crippen LogP contribution in [0.1, 0.15) is 39.8 Å². The van der Waals surface area contributed by atoms with Crippen molar-refractivity contribution in [2.45, 2.75) is 20.4 Å². The van der Waals surface area contributed by atoms with Crippen molar-refractivity contribution in [2.24, 2.45) is 0 Å². The van der Waals surface area contributed by atoms with Gasteiger partial charge in [0.05, 0.1) is 29.7 Å². The van der Waals surface area contributed by atoms with E-state index in [1.165, 1.54) is 0 Å². The van der Waals surface area contributed by atoms with Gasteiger partial charge in [-0.1, -0.05) is 66.2 Å². The molecular weight excluding hydrogens is 408 g/mol. The second kappa shape index (κ2) is 9.19. The van der Waals surface area contributed by atoms with E-state index >= 15 is 0 Å². The van der Waals surface area contributed by atoms with E-state index in [4.69, 9.17) is 16.3 Å². The third-order valence-corrected chi connectivity index (χ3v) is 5.48. The Hall–Kier alpha value is -3.37. The molecule has 4 nitrogen and oxygen atoms in total. The molecule has 3 aromatic carbocycles. The Labute approximate surface area is 186 Å². The maximum absolute atomic E-state index is 12.1. The number of benzene rings is 3. The van der Waals surface area contributed by atoms with Gasteiger partial charge in [0.15, 0.2) is 0 Å². The minimum absolute atomic E-state index is 0.331. The van der Waals surface area contributed by atoms with Gasteiger partial charge in [-0.15, -0.1) is 0 Å². The van der Waals surface area contributed by atoms with Gasteiger partial charge in [-0.05, 0) is 54.8 Å². The van der Waals surface area contributed by atoms with E-state index in [2.05, 4.69) is 39.9 Å². The number of esters is 1. The summed E-state index contributed by atoms with van der Waals surface area (Å²) in [5, 5.41) is 0.693. The fourth-order valence-electron chi connectivity index (χ4n) is 3.51. The Morgan fingerprint density at radius 1 is 1.03 bits per heavy atom. The average molecular weight is 431 g/mol. The third kappa shape index (κ3) is 4.70. The van der Waals surface area contributed by atoms with Crippen molar-refractivity contribution >= 4 is 40.8 Å². The Kier molecular flexibility index (Phi) is 6.19. The van der Waals surface area contributed by atoms with Gasteiger partial charge in [-0.25, -0.2) is 9.78 Å². The van der Waals surface area contributed by atoms with Crippen molar-refractivity contribution in [1.82, 2.24) is 9.55 Å². The number of fused-ring (bicyclic) bond motifs is 1. The van der Waals surface area contributed by atoms with Crippen molar-refractivity contribution in [1.29, 1.82) is 0 Å². The van der Waals surface area contributed by atoms with Gasteiger partial charge in [0, 0.05) is 5.02 Å². The summed E-state index contributed by atoms with van der Waals surface area (Å²) in [6.45, 7) is 4.66. The molecule has 0 saturated carbocycles. The van der Waals surface area contributed by atoms with E-state index in [1.807, 2.05) is 49.4 Å². The molecule has 0 amide bonds. The predicted octanol–water partition coefficient (Wildman–Crippen LogP) is 6.39. The average Bonchev–Trinajstić information content (AvgIpc) is 3.09. The van der Waals surface area contributed by atoms with Crippen LogP contribution in [-0.4, -0.2) is 22.1 Å². The van der Waals surface area contributed by atoms with Crippen LogP contribution in [0.15, 0.2) is 66.7 Å². The highest BCUT2D eigenvalue weighted by molar-refractivity contribution is 6.31. The van der Waals surface area contributed by atoms with Gasteiger partial charge in [-0.2, -0.15) is 0 Å². The van der Waals surface area contributed by atoms with Gasteiger partial charge in [-0.3, -0.25) is 0 Å². The van der Waals surface area contributed by atoms with Gasteiger partial charge in [0.2, 0.25) is 0 Å². The highest BCUT2D eigenvalue weighted by atomic mass is 35.5. The first-order chi connectivity index (χ1) is 15.0. The van der Waals surface area contributed by atoms with Crippen LogP contribution in [0.5, 0.6) is 0 Å². The minimum atomic E-state index is -0.331. The molecule has 0 unspecified atom stereocenters. The smallest absolute Gasteiger partial charge is 0.338 e. The summed E-state index contributed by atoms with van der Waals surface area (Å²) in [4.78, 5) is 16.8. The maximum Gasteiger partial charge on any atom is 0.338 e. The Morgan fingerprint density at radius 2 is 1.81 bits per heavy atom. The van der Waals surface area contributed by atoms with Crippen LogP contribution < -0.4 is 0 Å². The molecule has 31 heavy (non-hydrogen) atoms.